The smallest absolute Gasteiger partial charge is 0.332 e. The highest BCUT2D eigenvalue weighted by atomic mass is 16.5. The summed E-state index contributed by atoms with van der Waals surface area (Å²) in [5.41, 5.74) is -0.775. The Balaban J connectivity index is 2.34. The van der Waals surface area contributed by atoms with E-state index in [-0.39, 0.29) is 11.7 Å². The predicted molar refractivity (Wildman–Crippen MR) is 60.8 cm³/mol. The maximum absolute atomic E-state index is 11.8. The van der Waals surface area contributed by atoms with Crippen LogP contribution in [0.3, 0.4) is 0 Å². The molecule has 17 heavy (non-hydrogen) atoms. The molecule has 1 aliphatic rings. The minimum Gasteiger partial charge on any atom is -0.390 e. The molecular weight excluding hydrogens is 224 g/mol. The number of aliphatic hydroxyl groups is 1. The molecule has 0 aliphatic carbocycles. The Morgan fingerprint density at radius 2 is 2.24 bits per heavy atom. The molecule has 0 amide bonds. The highest BCUT2D eigenvalue weighted by molar-refractivity contribution is 4.89. The van der Waals surface area contributed by atoms with Crippen LogP contribution in [0, 0.1) is 0 Å². The van der Waals surface area contributed by atoms with Crippen LogP contribution >= 0.6 is 0 Å². The number of aliphatic hydroxyl groups excluding tert-OH is 1. The van der Waals surface area contributed by atoms with E-state index in [9.17, 15) is 14.7 Å². The number of ether oxygens (including phenoxy) is 1. The zero-order chi connectivity index (χ0) is 12.6. The largest absolute Gasteiger partial charge is 0.390 e. The van der Waals surface area contributed by atoms with Gasteiger partial charge in [-0.2, -0.15) is 0 Å². The second kappa shape index (κ2) is 4.46. The van der Waals surface area contributed by atoms with Gasteiger partial charge in [0.25, 0.3) is 5.56 Å². The molecule has 0 bridgehead atoms. The third-order valence-corrected chi connectivity index (χ3v) is 3.13. The minimum atomic E-state index is -0.561. The fraction of sp³-hybridized carbons (Fsp3) is 0.636. The molecule has 3 atom stereocenters. The molecule has 6 heteroatoms. The van der Waals surface area contributed by atoms with Crippen molar-refractivity contribution in [2.45, 2.75) is 38.2 Å². The summed E-state index contributed by atoms with van der Waals surface area (Å²) >= 11 is 0. The number of hydrogen-bond acceptors (Lipinski definition) is 4. The van der Waals surface area contributed by atoms with Crippen LogP contribution in [0.25, 0.3) is 0 Å². The molecule has 2 heterocycles. The maximum atomic E-state index is 11.8. The SMILES string of the molecule is CC[C@H]1O[C@@H](n2ccc(=O)n(C)c2=O)CC1O. The monoisotopic (exact) mass is 240 g/mol. The standard InChI is InChI=1S/C11H16N2O4/c1-3-8-7(14)6-10(17-8)13-5-4-9(15)12(2)11(13)16/h4-5,7-8,10,14H,3,6H2,1-2H3/t7?,8-,10-/m1/s1. The van der Waals surface area contributed by atoms with Crippen molar-refractivity contribution >= 4 is 0 Å². The molecule has 1 N–H and O–H groups in total. The summed E-state index contributed by atoms with van der Waals surface area (Å²) in [6.45, 7) is 1.92. The number of aromatic nitrogens is 2. The molecule has 1 unspecified atom stereocenters. The third kappa shape index (κ3) is 2.05. The van der Waals surface area contributed by atoms with Crippen LogP contribution in [-0.2, 0) is 11.8 Å². The lowest BCUT2D eigenvalue weighted by Crippen LogP contribution is -2.38. The van der Waals surface area contributed by atoms with Crippen LogP contribution in [-0.4, -0.2) is 26.4 Å². The first-order valence-electron chi connectivity index (χ1n) is 5.66. The average Bonchev–Trinajstić information content (AvgIpc) is 2.67. The minimum absolute atomic E-state index is 0.246. The zero-order valence-electron chi connectivity index (χ0n) is 9.87. The van der Waals surface area contributed by atoms with E-state index in [2.05, 4.69) is 0 Å². The van der Waals surface area contributed by atoms with Crippen molar-refractivity contribution in [3.63, 3.8) is 0 Å². The van der Waals surface area contributed by atoms with Gasteiger partial charge in [-0.15, -0.1) is 0 Å². The summed E-state index contributed by atoms with van der Waals surface area (Å²) in [7, 11) is 1.42. The summed E-state index contributed by atoms with van der Waals surface area (Å²) in [5, 5.41) is 9.73. The highest BCUT2D eigenvalue weighted by Gasteiger charge is 2.34. The summed E-state index contributed by atoms with van der Waals surface area (Å²) in [4.78, 5) is 23.1. The van der Waals surface area contributed by atoms with Gasteiger partial charge in [-0.1, -0.05) is 6.92 Å². The number of hydrogen-bond donors (Lipinski definition) is 1. The Kier molecular flexibility index (Phi) is 3.17. The average molecular weight is 240 g/mol. The Labute approximate surface area is 98.1 Å². The molecule has 0 saturated carbocycles. The number of rotatable bonds is 2. The Morgan fingerprint density at radius 3 is 2.82 bits per heavy atom. The molecule has 1 fully saturated rings. The Morgan fingerprint density at radius 1 is 1.53 bits per heavy atom. The van der Waals surface area contributed by atoms with Crippen LogP contribution in [0.5, 0.6) is 0 Å². The van der Waals surface area contributed by atoms with Gasteiger partial charge in [-0.05, 0) is 6.42 Å². The summed E-state index contributed by atoms with van der Waals surface area (Å²) in [6.07, 6.45) is 1.18. The van der Waals surface area contributed by atoms with Crippen molar-refractivity contribution in [3.05, 3.63) is 33.1 Å². The van der Waals surface area contributed by atoms with E-state index in [0.717, 1.165) is 4.57 Å². The first-order chi connectivity index (χ1) is 8.04. The van der Waals surface area contributed by atoms with Gasteiger partial charge in [0.1, 0.15) is 6.23 Å². The Hall–Kier alpha value is -1.40. The third-order valence-electron chi connectivity index (χ3n) is 3.13. The lowest BCUT2D eigenvalue weighted by atomic mass is 10.1. The summed E-state index contributed by atoms with van der Waals surface area (Å²) < 4.78 is 7.95. The number of nitrogens with zero attached hydrogens (tertiary/aromatic N) is 2. The van der Waals surface area contributed by atoms with E-state index >= 15 is 0 Å². The van der Waals surface area contributed by atoms with Crippen LogP contribution in [0.4, 0.5) is 0 Å². The molecule has 1 aromatic rings. The second-order valence-electron chi connectivity index (χ2n) is 4.24. The van der Waals surface area contributed by atoms with Crippen molar-refractivity contribution < 1.29 is 9.84 Å². The molecule has 2 rings (SSSR count). The lowest BCUT2D eigenvalue weighted by molar-refractivity contribution is -0.0222. The first kappa shape index (κ1) is 12.1. The summed E-state index contributed by atoms with van der Waals surface area (Å²) in [5.74, 6) is 0. The van der Waals surface area contributed by atoms with Crippen molar-refractivity contribution in [1.82, 2.24) is 9.13 Å². The van der Waals surface area contributed by atoms with E-state index in [1.165, 1.54) is 23.9 Å². The van der Waals surface area contributed by atoms with Gasteiger partial charge in [0.15, 0.2) is 0 Å². The van der Waals surface area contributed by atoms with E-state index in [4.69, 9.17) is 4.74 Å². The molecule has 0 spiro atoms. The van der Waals surface area contributed by atoms with Crippen LogP contribution < -0.4 is 11.2 Å². The molecule has 1 aromatic heterocycles. The maximum Gasteiger partial charge on any atom is 0.332 e. The van der Waals surface area contributed by atoms with Gasteiger partial charge in [0, 0.05) is 25.7 Å². The quantitative estimate of drug-likeness (QED) is 0.763. The van der Waals surface area contributed by atoms with Gasteiger partial charge in [0.2, 0.25) is 0 Å². The van der Waals surface area contributed by atoms with Gasteiger partial charge in [-0.25, -0.2) is 4.79 Å². The Bertz CT molecular complexity index is 519. The molecular formula is C11H16N2O4. The lowest BCUT2D eigenvalue weighted by Gasteiger charge is -2.15. The molecule has 0 radical (unpaired) electrons. The predicted octanol–water partition coefficient (Wildman–Crippen LogP) is -0.395. The van der Waals surface area contributed by atoms with Crippen LogP contribution in [0.1, 0.15) is 26.0 Å². The van der Waals surface area contributed by atoms with Crippen molar-refractivity contribution in [2.24, 2.45) is 7.05 Å². The van der Waals surface area contributed by atoms with Gasteiger partial charge < -0.3 is 9.84 Å². The molecule has 94 valence electrons. The van der Waals surface area contributed by atoms with Crippen LogP contribution in [0.2, 0.25) is 0 Å². The van der Waals surface area contributed by atoms with Gasteiger partial charge in [-0.3, -0.25) is 13.9 Å². The normalized spacial score (nSPS) is 28.5. The molecule has 6 nitrogen and oxygen atoms in total. The van der Waals surface area contributed by atoms with Crippen molar-refractivity contribution in [3.8, 4) is 0 Å². The first-order valence-corrected chi connectivity index (χ1v) is 5.66. The molecule has 1 aliphatic heterocycles. The summed E-state index contributed by atoms with van der Waals surface area (Å²) in [6, 6.07) is 1.32. The highest BCUT2D eigenvalue weighted by Crippen LogP contribution is 2.28. The van der Waals surface area contributed by atoms with E-state index in [1.54, 1.807) is 0 Å². The van der Waals surface area contributed by atoms with E-state index in [1.807, 2.05) is 6.92 Å². The second-order valence-corrected chi connectivity index (χ2v) is 4.24. The molecule has 1 saturated heterocycles. The van der Waals surface area contributed by atoms with Gasteiger partial charge in [0.05, 0.1) is 12.2 Å². The van der Waals surface area contributed by atoms with Crippen molar-refractivity contribution in [2.75, 3.05) is 0 Å². The van der Waals surface area contributed by atoms with E-state index < -0.39 is 18.0 Å². The molecule has 0 aromatic carbocycles. The topological polar surface area (TPSA) is 73.5 Å². The zero-order valence-corrected chi connectivity index (χ0v) is 9.87. The van der Waals surface area contributed by atoms with Crippen molar-refractivity contribution in [1.29, 1.82) is 0 Å². The van der Waals surface area contributed by atoms with Crippen LogP contribution in [0.15, 0.2) is 21.9 Å². The van der Waals surface area contributed by atoms with E-state index in [0.29, 0.717) is 12.8 Å². The fourth-order valence-corrected chi connectivity index (χ4v) is 2.06. The van der Waals surface area contributed by atoms with Gasteiger partial charge >= 0.3 is 5.69 Å². The fourth-order valence-electron chi connectivity index (χ4n) is 2.06.